The SMILES string of the molecule is C1=C2Oc3cc(N(c4ccccc4)c4ccccc4)cc4c3B(C2=CC2B3c5cnccc5N(c5ccccc5)c5cc(N(c6ccccc6)c6ccccc6)nc(c53)N(c3ccccc3)C12)c1ccccc1N4c1ccccc1. The Labute approximate surface area is 466 Å². The van der Waals surface area contributed by atoms with Gasteiger partial charge in [-0.3, -0.25) is 9.88 Å². The van der Waals surface area contributed by atoms with Crippen LogP contribution in [-0.2, 0) is 0 Å². The van der Waals surface area contributed by atoms with E-state index in [0.717, 1.165) is 113 Å². The number of pyridine rings is 2. The van der Waals surface area contributed by atoms with Gasteiger partial charge in [0.25, 0.3) is 6.71 Å². The molecule has 0 saturated heterocycles. The molecule has 0 radical (unpaired) electrons. The highest BCUT2D eigenvalue weighted by atomic mass is 16.5. The first-order valence-electron chi connectivity index (χ1n) is 27.5. The first-order chi connectivity index (χ1) is 39.7. The molecule has 9 aromatic carbocycles. The minimum absolute atomic E-state index is 0.0908. The zero-order valence-corrected chi connectivity index (χ0v) is 43.5. The highest BCUT2D eigenvalue weighted by molar-refractivity contribution is 6.96. The number of aromatic nitrogens is 2. The van der Waals surface area contributed by atoms with Crippen molar-refractivity contribution in [1.82, 2.24) is 9.97 Å². The standard InChI is InChI=1S/C70H49B2N7O/c1-8-24-48(25-9-1)75(49-26-10-2-11-27-49)55-42-63-68-66(43-55)80-65-45-62-57(44-58(65)71(68)56-38-22-23-39-60(56)77(63)52-32-16-5-17-33-52)72-59-47-73-41-40-61(59)78(53-34-18-6-19-35-53)64-46-67(74-70(69(64)72)79(62)54-36-20-7-21-37-54)76(50-28-12-3-13-29-50)51-30-14-4-15-31-51/h1-47,57,62H. The molecule has 2 unspecified atom stereocenters. The lowest BCUT2D eigenvalue weighted by Crippen LogP contribution is -2.63. The van der Waals surface area contributed by atoms with E-state index in [-0.39, 0.29) is 25.3 Å². The zero-order valence-electron chi connectivity index (χ0n) is 43.5. The summed E-state index contributed by atoms with van der Waals surface area (Å²) in [7, 11) is 0. The predicted molar refractivity (Wildman–Crippen MR) is 330 cm³/mol. The Kier molecular flexibility index (Phi) is 10.7. The van der Waals surface area contributed by atoms with Crippen molar-refractivity contribution in [2.24, 2.45) is 0 Å². The molecule has 2 atom stereocenters. The van der Waals surface area contributed by atoms with E-state index in [0.29, 0.717) is 0 Å². The molecule has 8 nitrogen and oxygen atoms in total. The summed E-state index contributed by atoms with van der Waals surface area (Å²) in [6, 6.07) is 92.7. The lowest BCUT2D eigenvalue weighted by molar-refractivity contribution is 0.431. The summed E-state index contributed by atoms with van der Waals surface area (Å²) in [4.78, 5) is 22.9. The highest BCUT2D eigenvalue weighted by Crippen LogP contribution is 2.53. The summed E-state index contributed by atoms with van der Waals surface area (Å²) >= 11 is 0. The van der Waals surface area contributed by atoms with Gasteiger partial charge in [0.05, 0.1) is 11.7 Å². The molecular weight excluding hydrogens is 976 g/mol. The number of benzene rings is 9. The van der Waals surface area contributed by atoms with Gasteiger partial charge in [-0.05, 0) is 142 Å². The predicted octanol–water partition coefficient (Wildman–Crippen LogP) is 14.5. The summed E-state index contributed by atoms with van der Waals surface area (Å²) in [5, 5.41) is 0. The van der Waals surface area contributed by atoms with E-state index in [1.807, 2.05) is 6.20 Å². The van der Waals surface area contributed by atoms with Crippen LogP contribution in [0.3, 0.4) is 0 Å². The monoisotopic (exact) mass is 1030 g/mol. The fourth-order valence-electron chi connectivity index (χ4n) is 13.3. The van der Waals surface area contributed by atoms with Crippen LogP contribution in [0, 0.1) is 0 Å². The fraction of sp³-hybridized carbons (Fsp3) is 0.0286. The first-order valence-corrected chi connectivity index (χ1v) is 27.5. The van der Waals surface area contributed by atoms with Gasteiger partial charge in [0.1, 0.15) is 23.1 Å². The van der Waals surface area contributed by atoms with Crippen molar-refractivity contribution in [1.29, 1.82) is 0 Å². The summed E-state index contributed by atoms with van der Waals surface area (Å²) in [5.74, 6) is 3.28. The topological polar surface area (TPSA) is 51.2 Å². The van der Waals surface area contributed by atoms with Gasteiger partial charge in [-0.2, -0.15) is 0 Å². The summed E-state index contributed by atoms with van der Waals surface area (Å²) in [6.07, 6.45) is 9.04. The van der Waals surface area contributed by atoms with Crippen molar-refractivity contribution in [2.45, 2.75) is 11.9 Å². The minimum atomic E-state index is -0.239. The second-order valence-corrected chi connectivity index (χ2v) is 20.9. The maximum atomic E-state index is 7.66. The quantitative estimate of drug-likeness (QED) is 0.133. The van der Waals surface area contributed by atoms with E-state index < -0.39 is 0 Å². The molecule has 0 bridgehead atoms. The molecule has 5 aliphatic rings. The number of rotatable bonds is 9. The van der Waals surface area contributed by atoms with E-state index in [2.05, 4.69) is 304 Å². The van der Waals surface area contributed by atoms with Crippen LogP contribution in [0.25, 0.3) is 0 Å². The smallest absolute Gasteiger partial charge is 0.255 e. The number of fused-ring (bicyclic) bond motifs is 8. The van der Waals surface area contributed by atoms with Gasteiger partial charge < -0.3 is 24.3 Å². The van der Waals surface area contributed by atoms with Crippen molar-refractivity contribution < 1.29 is 4.74 Å². The largest absolute Gasteiger partial charge is 0.459 e. The van der Waals surface area contributed by atoms with Crippen molar-refractivity contribution in [3.63, 3.8) is 0 Å². The third kappa shape index (κ3) is 7.26. The molecule has 0 N–H and O–H groups in total. The lowest BCUT2D eigenvalue weighted by atomic mass is 9.27. The molecule has 6 heterocycles. The summed E-state index contributed by atoms with van der Waals surface area (Å²) < 4.78 is 7.66. The summed E-state index contributed by atoms with van der Waals surface area (Å²) in [6.45, 7) is -0.293. The number of nitrogens with zero attached hydrogens (tertiary/aromatic N) is 7. The van der Waals surface area contributed by atoms with Crippen LogP contribution >= 0.6 is 0 Å². The summed E-state index contributed by atoms with van der Waals surface area (Å²) in [5.41, 5.74) is 18.5. The Morgan fingerprint density at radius 3 is 1.51 bits per heavy atom. The van der Waals surface area contributed by atoms with Crippen LogP contribution in [0.15, 0.2) is 297 Å². The average Bonchev–Trinajstić information content (AvgIpc) is 2.77. The van der Waals surface area contributed by atoms with Crippen molar-refractivity contribution in [2.75, 3.05) is 24.5 Å². The Morgan fingerprint density at radius 1 is 0.425 bits per heavy atom. The minimum Gasteiger partial charge on any atom is -0.459 e. The van der Waals surface area contributed by atoms with Gasteiger partial charge in [-0.1, -0.05) is 152 Å². The van der Waals surface area contributed by atoms with Crippen molar-refractivity contribution in [3.8, 4) is 5.75 Å². The molecule has 10 heteroatoms. The second-order valence-electron chi connectivity index (χ2n) is 20.9. The lowest BCUT2D eigenvalue weighted by Gasteiger charge is -2.51. The number of ether oxygens (including phenoxy) is 1. The Balaban J connectivity index is 0.967. The number of anilines is 14. The van der Waals surface area contributed by atoms with E-state index >= 15 is 0 Å². The van der Waals surface area contributed by atoms with Crippen molar-refractivity contribution in [3.05, 3.63) is 297 Å². The van der Waals surface area contributed by atoms with Gasteiger partial charge in [0.15, 0.2) is 0 Å². The molecule has 2 aromatic heterocycles. The Morgan fingerprint density at radius 2 is 0.925 bits per heavy atom. The third-order valence-electron chi connectivity index (χ3n) is 16.5. The van der Waals surface area contributed by atoms with Crippen molar-refractivity contribution >= 4 is 115 Å². The van der Waals surface area contributed by atoms with E-state index in [9.17, 15) is 0 Å². The number of hydrogen-bond donors (Lipinski definition) is 0. The van der Waals surface area contributed by atoms with Crippen LogP contribution in [0.4, 0.5) is 79.9 Å². The third-order valence-corrected chi connectivity index (χ3v) is 16.5. The maximum absolute atomic E-state index is 7.66. The molecule has 11 aromatic rings. The number of hydrogen-bond acceptors (Lipinski definition) is 8. The Bertz CT molecular complexity index is 4130. The molecular formula is C70H49B2N7O. The van der Waals surface area contributed by atoms with Gasteiger partial charge in [-0.25, -0.2) is 4.98 Å². The fourth-order valence-corrected chi connectivity index (χ4v) is 13.3. The zero-order chi connectivity index (χ0) is 52.7. The first kappa shape index (κ1) is 45.8. The van der Waals surface area contributed by atoms with E-state index in [4.69, 9.17) is 14.7 Å². The van der Waals surface area contributed by atoms with Gasteiger partial charge in [-0.15, -0.1) is 0 Å². The molecule has 0 spiro atoms. The van der Waals surface area contributed by atoms with Gasteiger partial charge in [0, 0.05) is 87.1 Å². The molecule has 4 aliphatic heterocycles. The average molecular weight is 1030 g/mol. The number of para-hydroxylation sites is 8. The maximum Gasteiger partial charge on any atom is 0.255 e. The Hall–Kier alpha value is -10.3. The van der Waals surface area contributed by atoms with Crippen LogP contribution in [0.1, 0.15) is 0 Å². The van der Waals surface area contributed by atoms with Gasteiger partial charge in [0.2, 0.25) is 6.71 Å². The van der Waals surface area contributed by atoms with Crippen LogP contribution in [0.2, 0.25) is 5.82 Å². The number of allylic oxidation sites excluding steroid dienone is 1. The van der Waals surface area contributed by atoms with Gasteiger partial charge >= 0.3 is 0 Å². The molecule has 0 fully saturated rings. The van der Waals surface area contributed by atoms with Crippen LogP contribution < -0.4 is 51.1 Å². The normalized spacial score (nSPS) is 15.9. The molecule has 0 amide bonds. The molecule has 16 rings (SSSR count). The molecule has 80 heavy (non-hydrogen) atoms. The molecule has 0 saturated carbocycles. The highest BCUT2D eigenvalue weighted by Gasteiger charge is 2.54. The van der Waals surface area contributed by atoms with Crippen LogP contribution in [0.5, 0.6) is 5.75 Å². The molecule has 1 aliphatic carbocycles. The molecule has 376 valence electrons. The van der Waals surface area contributed by atoms with E-state index in [1.165, 1.54) is 5.46 Å². The second kappa shape index (κ2) is 18.7. The van der Waals surface area contributed by atoms with Crippen LogP contribution in [-0.4, -0.2) is 29.4 Å². The van der Waals surface area contributed by atoms with E-state index in [1.54, 1.807) is 0 Å².